The largest absolute Gasteiger partial charge is 0.391 e. The van der Waals surface area contributed by atoms with Crippen LogP contribution in [0.1, 0.15) is 10.4 Å². The maximum absolute atomic E-state index is 8.70. The van der Waals surface area contributed by atoms with E-state index in [0.29, 0.717) is 0 Å². The number of hydrogen-bond acceptors (Lipinski definition) is 3. The zero-order valence-corrected chi connectivity index (χ0v) is 6.64. The van der Waals surface area contributed by atoms with E-state index in [-0.39, 0.29) is 6.61 Å². The number of nitrogens with zero attached hydrogens (tertiary/aromatic N) is 1. The second-order valence-electron chi connectivity index (χ2n) is 1.97. The summed E-state index contributed by atoms with van der Waals surface area (Å²) in [4.78, 5) is 0.919. The van der Waals surface area contributed by atoms with Crippen LogP contribution in [-0.4, -0.2) is 5.11 Å². The van der Waals surface area contributed by atoms with Gasteiger partial charge in [-0.25, -0.2) is 0 Å². The minimum absolute atomic E-state index is 0.0745. The maximum Gasteiger partial charge on any atom is 0.0912 e. The molecule has 1 rings (SSSR count). The van der Waals surface area contributed by atoms with Gasteiger partial charge in [0.1, 0.15) is 0 Å². The van der Waals surface area contributed by atoms with Crippen molar-refractivity contribution in [3.63, 3.8) is 0 Å². The molecule has 0 aliphatic carbocycles. The molecule has 0 fully saturated rings. The van der Waals surface area contributed by atoms with Crippen LogP contribution in [0.5, 0.6) is 0 Å². The molecule has 1 heterocycles. The maximum atomic E-state index is 8.70. The van der Waals surface area contributed by atoms with Gasteiger partial charge in [-0.1, -0.05) is 0 Å². The molecule has 56 valence electrons. The van der Waals surface area contributed by atoms with E-state index < -0.39 is 0 Å². The second kappa shape index (κ2) is 3.91. The van der Waals surface area contributed by atoms with Crippen molar-refractivity contribution >= 4 is 17.4 Å². The van der Waals surface area contributed by atoms with Crippen LogP contribution in [0.4, 0.5) is 0 Å². The number of aliphatic hydroxyl groups is 1. The molecule has 11 heavy (non-hydrogen) atoms. The second-order valence-corrected chi connectivity index (χ2v) is 2.96. The minimum Gasteiger partial charge on any atom is -0.391 e. The van der Waals surface area contributed by atoms with Gasteiger partial charge in [-0.3, -0.25) is 0 Å². The Morgan fingerprint density at radius 3 is 3.09 bits per heavy atom. The molecular weight excluding hydrogens is 158 g/mol. The molecule has 0 atom stereocenters. The summed E-state index contributed by atoms with van der Waals surface area (Å²) in [6.45, 7) is 0.0745. The van der Waals surface area contributed by atoms with Crippen molar-refractivity contribution in [3.05, 3.63) is 28.0 Å². The Morgan fingerprint density at radius 1 is 1.73 bits per heavy atom. The van der Waals surface area contributed by atoms with Crippen molar-refractivity contribution in [2.45, 2.75) is 6.61 Å². The van der Waals surface area contributed by atoms with Gasteiger partial charge >= 0.3 is 0 Å². The number of rotatable bonds is 2. The molecule has 3 heteroatoms. The highest BCUT2D eigenvalue weighted by Gasteiger charge is 1.93. The summed E-state index contributed by atoms with van der Waals surface area (Å²) in [7, 11) is 0. The molecule has 0 bridgehead atoms. The van der Waals surface area contributed by atoms with Crippen molar-refractivity contribution in [2.24, 2.45) is 0 Å². The summed E-state index contributed by atoms with van der Waals surface area (Å²) in [5, 5.41) is 18.8. The quantitative estimate of drug-likeness (QED) is 0.679. The minimum atomic E-state index is 0.0745. The average molecular weight is 165 g/mol. The Balaban J connectivity index is 2.74. The predicted octanol–water partition coefficient (Wildman–Crippen LogP) is 1.78. The summed E-state index contributed by atoms with van der Waals surface area (Å²) >= 11 is 1.49. The monoisotopic (exact) mass is 165 g/mol. The molecular formula is C8H7NOS. The molecule has 0 amide bonds. The zero-order chi connectivity index (χ0) is 8.10. The molecule has 1 N–H and O–H groups in total. The molecule has 0 saturated heterocycles. The summed E-state index contributed by atoms with van der Waals surface area (Å²) in [5.41, 5.74) is 0.973. The van der Waals surface area contributed by atoms with Crippen molar-refractivity contribution in [2.75, 3.05) is 0 Å². The average Bonchev–Trinajstić information content (AvgIpc) is 2.48. The highest BCUT2D eigenvalue weighted by molar-refractivity contribution is 7.10. The van der Waals surface area contributed by atoms with Gasteiger partial charge in [0.2, 0.25) is 0 Å². The fraction of sp³-hybridized carbons (Fsp3) is 0.125. The molecule has 2 nitrogen and oxygen atoms in total. The standard InChI is InChI=1S/C8H7NOS/c9-3-1-2-7-4-8(5-10)11-6-7/h1-2,4,6,10H,5H2. The van der Waals surface area contributed by atoms with Crippen molar-refractivity contribution in [1.82, 2.24) is 0 Å². The fourth-order valence-corrected chi connectivity index (χ4v) is 1.41. The number of allylic oxidation sites excluding steroid dienone is 1. The lowest BCUT2D eigenvalue weighted by Gasteiger charge is -1.81. The summed E-state index contributed by atoms with van der Waals surface area (Å²) in [5.74, 6) is 0. The molecule has 0 aliphatic rings. The van der Waals surface area contributed by atoms with Crippen molar-refractivity contribution < 1.29 is 5.11 Å². The summed E-state index contributed by atoms with van der Waals surface area (Å²) in [6.07, 6.45) is 3.14. The van der Waals surface area contributed by atoms with Crippen LogP contribution < -0.4 is 0 Å². The van der Waals surface area contributed by atoms with Crippen molar-refractivity contribution in [1.29, 1.82) is 5.26 Å². The Bertz CT molecular complexity index is 295. The molecule has 0 aliphatic heterocycles. The highest BCUT2D eigenvalue weighted by Crippen LogP contribution is 2.15. The van der Waals surface area contributed by atoms with E-state index in [0.717, 1.165) is 10.4 Å². The molecule has 0 aromatic carbocycles. The predicted molar refractivity (Wildman–Crippen MR) is 44.9 cm³/mol. The first-order valence-electron chi connectivity index (χ1n) is 3.11. The molecule has 0 radical (unpaired) electrons. The van der Waals surface area contributed by atoms with E-state index in [4.69, 9.17) is 10.4 Å². The van der Waals surface area contributed by atoms with Crippen LogP contribution in [-0.2, 0) is 6.61 Å². The smallest absolute Gasteiger partial charge is 0.0912 e. The molecule has 0 unspecified atom stereocenters. The van der Waals surface area contributed by atoms with Gasteiger partial charge in [-0.15, -0.1) is 11.3 Å². The molecule has 0 spiro atoms. The fourth-order valence-electron chi connectivity index (χ4n) is 0.701. The number of aliphatic hydroxyl groups excluding tert-OH is 1. The molecule has 0 saturated carbocycles. The molecule has 1 aromatic rings. The van der Waals surface area contributed by atoms with E-state index in [2.05, 4.69) is 0 Å². The van der Waals surface area contributed by atoms with Crippen LogP contribution in [0.25, 0.3) is 6.08 Å². The van der Waals surface area contributed by atoms with Crippen LogP contribution in [0, 0.1) is 11.3 Å². The number of hydrogen-bond donors (Lipinski definition) is 1. The Labute approximate surface area is 69.0 Å². The number of nitriles is 1. The van der Waals surface area contributed by atoms with E-state index in [9.17, 15) is 0 Å². The van der Waals surface area contributed by atoms with Crippen LogP contribution in [0.3, 0.4) is 0 Å². The Morgan fingerprint density at radius 2 is 2.55 bits per heavy atom. The third-order valence-corrected chi connectivity index (χ3v) is 2.12. The highest BCUT2D eigenvalue weighted by atomic mass is 32.1. The van der Waals surface area contributed by atoms with E-state index >= 15 is 0 Å². The number of thiophene rings is 1. The lowest BCUT2D eigenvalue weighted by molar-refractivity contribution is 0.285. The van der Waals surface area contributed by atoms with Crippen LogP contribution >= 0.6 is 11.3 Å². The third kappa shape index (κ3) is 2.19. The van der Waals surface area contributed by atoms with Crippen LogP contribution in [0.2, 0.25) is 0 Å². The normalized spacial score (nSPS) is 10.2. The topological polar surface area (TPSA) is 44.0 Å². The first kappa shape index (κ1) is 7.99. The van der Waals surface area contributed by atoms with Gasteiger partial charge in [0.25, 0.3) is 0 Å². The van der Waals surface area contributed by atoms with E-state index in [1.54, 1.807) is 6.08 Å². The van der Waals surface area contributed by atoms with Gasteiger partial charge < -0.3 is 5.11 Å². The Hall–Kier alpha value is -1.11. The van der Waals surface area contributed by atoms with E-state index in [1.165, 1.54) is 17.4 Å². The molecule has 1 aromatic heterocycles. The van der Waals surface area contributed by atoms with Gasteiger partial charge in [0.15, 0.2) is 0 Å². The lowest BCUT2D eigenvalue weighted by Crippen LogP contribution is -1.71. The zero-order valence-electron chi connectivity index (χ0n) is 5.82. The Kier molecular flexibility index (Phi) is 2.84. The third-order valence-electron chi connectivity index (χ3n) is 1.18. The summed E-state index contributed by atoms with van der Waals surface area (Å²) in [6, 6.07) is 3.76. The van der Waals surface area contributed by atoms with Gasteiger partial charge in [0.05, 0.1) is 12.7 Å². The SMILES string of the molecule is N#CC=Cc1csc(CO)c1. The first-order valence-corrected chi connectivity index (χ1v) is 3.99. The summed E-state index contributed by atoms with van der Waals surface area (Å²) < 4.78 is 0. The first-order chi connectivity index (χ1) is 5.36. The lowest BCUT2D eigenvalue weighted by atomic mass is 10.3. The van der Waals surface area contributed by atoms with E-state index in [1.807, 2.05) is 17.5 Å². The van der Waals surface area contributed by atoms with Gasteiger partial charge in [-0.2, -0.15) is 5.26 Å². The van der Waals surface area contributed by atoms with Crippen molar-refractivity contribution in [3.8, 4) is 6.07 Å². The van der Waals surface area contributed by atoms with Gasteiger partial charge in [0, 0.05) is 11.0 Å². The van der Waals surface area contributed by atoms with Gasteiger partial charge in [-0.05, 0) is 23.1 Å². The van der Waals surface area contributed by atoms with Crippen LogP contribution in [0.15, 0.2) is 17.5 Å².